The molecule has 1 aromatic rings. The number of carbonyl (C=O) groups is 1. The van der Waals surface area contributed by atoms with E-state index < -0.39 is 0 Å². The fourth-order valence-electron chi connectivity index (χ4n) is 1.73. The van der Waals surface area contributed by atoms with Crippen molar-refractivity contribution in [1.82, 2.24) is 10.3 Å². The van der Waals surface area contributed by atoms with Crippen molar-refractivity contribution in [2.75, 3.05) is 6.61 Å². The molecule has 0 aromatic carbocycles. The van der Waals surface area contributed by atoms with E-state index in [-0.39, 0.29) is 29.5 Å². The molecule has 1 saturated heterocycles. The van der Waals surface area contributed by atoms with Gasteiger partial charge in [0.15, 0.2) is 5.69 Å². The summed E-state index contributed by atoms with van der Waals surface area (Å²) in [6.07, 6.45) is 2.28. The Bertz CT molecular complexity index is 395. The van der Waals surface area contributed by atoms with Crippen LogP contribution in [0.15, 0.2) is 18.3 Å². The summed E-state index contributed by atoms with van der Waals surface area (Å²) < 4.78 is 5.33. The molecule has 2 unspecified atom stereocenters. The third-order valence-corrected chi connectivity index (χ3v) is 2.69. The monoisotopic (exact) mass is 222 g/mol. The average molecular weight is 222 g/mol. The smallest absolute Gasteiger partial charge is 0.274 e. The molecular weight excluding hydrogens is 208 g/mol. The van der Waals surface area contributed by atoms with Gasteiger partial charge in [-0.05, 0) is 25.5 Å². The fraction of sp³-hybridized carbons (Fsp3) is 0.455. The van der Waals surface area contributed by atoms with Crippen molar-refractivity contribution in [3.8, 4) is 5.75 Å². The second-order valence-corrected chi connectivity index (χ2v) is 3.82. The van der Waals surface area contributed by atoms with Gasteiger partial charge in [-0.15, -0.1) is 0 Å². The zero-order valence-electron chi connectivity index (χ0n) is 9.01. The van der Waals surface area contributed by atoms with Crippen LogP contribution in [0.25, 0.3) is 0 Å². The van der Waals surface area contributed by atoms with Gasteiger partial charge in [0.05, 0.1) is 12.1 Å². The number of rotatable bonds is 2. The highest BCUT2D eigenvalue weighted by Crippen LogP contribution is 2.16. The summed E-state index contributed by atoms with van der Waals surface area (Å²) in [5.41, 5.74) is 0.0570. The van der Waals surface area contributed by atoms with Gasteiger partial charge in [0.25, 0.3) is 5.91 Å². The maximum absolute atomic E-state index is 11.8. The first-order chi connectivity index (χ1) is 7.68. The molecule has 0 spiro atoms. The Morgan fingerprint density at radius 3 is 3.12 bits per heavy atom. The first-order valence-electron chi connectivity index (χ1n) is 5.25. The summed E-state index contributed by atoms with van der Waals surface area (Å²) in [7, 11) is 0. The maximum atomic E-state index is 11.8. The molecule has 2 N–H and O–H groups in total. The molecule has 5 heteroatoms. The quantitative estimate of drug-likeness (QED) is 0.772. The third kappa shape index (κ3) is 2.14. The van der Waals surface area contributed by atoms with Gasteiger partial charge in [0.1, 0.15) is 5.75 Å². The molecule has 0 aliphatic carbocycles. The highest BCUT2D eigenvalue weighted by atomic mass is 16.5. The molecule has 86 valence electrons. The van der Waals surface area contributed by atoms with Crippen LogP contribution in [0.2, 0.25) is 0 Å². The lowest BCUT2D eigenvalue weighted by Gasteiger charge is -2.15. The number of amides is 1. The van der Waals surface area contributed by atoms with Crippen LogP contribution in [0.4, 0.5) is 0 Å². The average Bonchev–Trinajstić information content (AvgIpc) is 2.65. The number of carbonyl (C=O) groups excluding carboxylic acids is 1. The molecule has 0 radical (unpaired) electrons. The third-order valence-electron chi connectivity index (χ3n) is 2.69. The largest absolute Gasteiger partial charge is 0.505 e. The van der Waals surface area contributed by atoms with Crippen molar-refractivity contribution in [2.24, 2.45) is 0 Å². The van der Waals surface area contributed by atoms with E-state index in [0.29, 0.717) is 6.61 Å². The molecule has 0 bridgehead atoms. The van der Waals surface area contributed by atoms with Gasteiger partial charge in [-0.2, -0.15) is 0 Å². The second-order valence-electron chi connectivity index (χ2n) is 3.82. The predicted molar refractivity (Wildman–Crippen MR) is 57.2 cm³/mol. The zero-order chi connectivity index (χ0) is 11.5. The summed E-state index contributed by atoms with van der Waals surface area (Å²) in [5.74, 6) is -0.466. The summed E-state index contributed by atoms with van der Waals surface area (Å²) in [6, 6.07) is 3.01. The number of aromatic nitrogens is 1. The molecule has 1 aromatic heterocycles. The van der Waals surface area contributed by atoms with Crippen molar-refractivity contribution in [3.05, 3.63) is 24.0 Å². The molecule has 1 amide bonds. The van der Waals surface area contributed by atoms with E-state index in [1.807, 2.05) is 6.92 Å². The van der Waals surface area contributed by atoms with Crippen molar-refractivity contribution < 1.29 is 14.6 Å². The van der Waals surface area contributed by atoms with Crippen molar-refractivity contribution >= 4 is 5.91 Å². The molecule has 2 atom stereocenters. The highest BCUT2D eigenvalue weighted by molar-refractivity contribution is 5.94. The summed E-state index contributed by atoms with van der Waals surface area (Å²) >= 11 is 0. The molecule has 5 nitrogen and oxygen atoms in total. The Morgan fingerprint density at radius 1 is 1.69 bits per heavy atom. The lowest BCUT2D eigenvalue weighted by atomic mass is 10.1. The minimum absolute atomic E-state index is 0.00564. The first-order valence-corrected chi connectivity index (χ1v) is 5.25. The number of aromatic hydroxyl groups is 1. The highest BCUT2D eigenvalue weighted by Gasteiger charge is 2.27. The molecule has 1 aliphatic rings. The van der Waals surface area contributed by atoms with Crippen LogP contribution in [0, 0.1) is 0 Å². The Kier molecular flexibility index (Phi) is 3.05. The van der Waals surface area contributed by atoms with Crippen LogP contribution in [0.3, 0.4) is 0 Å². The molecule has 1 fully saturated rings. The van der Waals surface area contributed by atoms with Gasteiger partial charge in [0.2, 0.25) is 0 Å². The minimum Gasteiger partial charge on any atom is -0.505 e. The SMILES string of the molecule is CC1OCCC1NC(=O)c1ncccc1O. The lowest BCUT2D eigenvalue weighted by molar-refractivity contribution is 0.0859. The van der Waals surface area contributed by atoms with E-state index in [9.17, 15) is 9.90 Å². The van der Waals surface area contributed by atoms with Crippen molar-refractivity contribution in [1.29, 1.82) is 0 Å². The second kappa shape index (κ2) is 4.49. The van der Waals surface area contributed by atoms with Gasteiger partial charge in [-0.1, -0.05) is 0 Å². The molecule has 2 rings (SSSR count). The molecule has 1 aliphatic heterocycles. The van der Waals surface area contributed by atoms with Crippen LogP contribution >= 0.6 is 0 Å². The normalized spacial score (nSPS) is 24.3. The maximum Gasteiger partial charge on any atom is 0.274 e. The van der Waals surface area contributed by atoms with Crippen LogP contribution in [0.5, 0.6) is 5.75 Å². The van der Waals surface area contributed by atoms with E-state index in [1.165, 1.54) is 12.3 Å². The Hall–Kier alpha value is -1.62. The number of nitrogens with zero attached hydrogens (tertiary/aromatic N) is 1. The summed E-state index contributed by atoms with van der Waals surface area (Å²) in [5, 5.41) is 12.3. The van der Waals surface area contributed by atoms with E-state index in [0.717, 1.165) is 6.42 Å². The van der Waals surface area contributed by atoms with Crippen LogP contribution in [-0.2, 0) is 4.74 Å². The number of pyridine rings is 1. The van der Waals surface area contributed by atoms with Gasteiger partial charge in [-0.25, -0.2) is 4.98 Å². The standard InChI is InChI=1S/C11H14N2O3/c1-7-8(4-6-16-7)13-11(15)10-9(14)3-2-5-12-10/h2-3,5,7-8,14H,4,6H2,1H3,(H,13,15). The van der Waals surface area contributed by atoms with Crippen LogP contribution in [0.1, 0.15) is 23.8 Å². The minimum atomic E-state index is -0.361. The topological polar surface area (TPSA) is 71.5 Å². The van der Waals surface area contributed by atoms with Crippen molar-refractivity contribution in [2.45, 2.75) is 25.5 Å². The predicted octanol–water partition coefficient (Wildman–Crippen LogP) is 0.694. The van der Waals surface area contributed by atoms with Crippen LogP contribution in [-0.4, -0.2) is 34.8 Å². The van der Waals surface area contributed by atoms with E-state index in [2.05, 4.69) is 10.3 Å². The van der Waals surface area contributed by atoms with E-state index in [4.69, 9.17) is 4.74 Å². The Labute approximate surface area is 93.5 Å². The number of hydrogen-bond acceptors (Lipinski definition) is 4. The Balaban J connectivity index is 2.06. The van der Waals surface area contributed by atoms with Gasteiger partial charge in [0, 0.05) is 12.8 Å². The molecular formula is C11H14N2O3. The zero-order valence-corrected chi connectivity index (χ0v) is 9.01. The summed E-state index contributed by atoms with van der Waals surface area (Å²) in [6.45, 7) is 2.57. The van der Waals surface area contributed by atoms with E-state index >= 15 is 0 Å². The molecule has 16 heavy (non-hydrogen) atoms. The molecule has 2 heterocycles. The van der Waals surface area contributed by atoms with Crippen molar-refractivity contribution in [3.63, 3.8) is 0 Å². The van der Waals surface area contributed by atoms with Gasteiger partial charge >= 0.3 is 0 Å². The van der Waals surface area contributed by atoms with E-state index in [1.54, 1.807) is 6.07 Å². The van der Waals surface area contributed by atoms with Gasteiger partial charge in [-0.3, -0.25) is 4.79 Å². The Morgan fingerprint density at radius 2 is 2.50 bits per heavy atom. The first kappa shape index (κ1) is 10.9. The fourth-order valence-corrected chi connectivity index (χ4v) is 1.73. The number of nitrogens with one attached hydrogen (secondary N) is 1. The summed E-state index contributed by atoms with van der Waals surface area (Å²) in [4.78, 5) is 15.6. The van der Waals surface area contributed by atoms with Crippen LogP contribution < -0.4 is 5.32 Å². The number of hydrogen-bond donors (Lipinski definition) is 2. The molecule has 0 saturated carbocycles. The number of ether oxygens (including phenoxy) is 1. The van der Waals surface area contributed by atoms with Gasteiger partial charge < -0.3 is 15.2 Å². The lowest BCUT2D eigenvalue weighted by Crippen LogP contribution is -2.39.